The predicted octanol–water partition coefficient (Wildman–Crippen LogP) is 3.78. The number of unbranched alkanes of at least 4 members (excludes halogenated alkanes) is 1. The highest BCUT2D eigenvalue weighted by Crippen LogP contribution is 2.21. The fourth-order valence-electron chi connectivity index (χ4n) is 1.21. The monoisotopic (exact) mass is 292 g/mol. The molecule has 1 heterocycles. The van der Waals surface area contributed by atoms with Crippen LogP contribution < -0.4 is 0 Å². The minimum absolute atomic E-state index is 0.499. The number of carboxylic acid groups (broad SMARTS) is 1. The number of hydrogen-bond acceptors (Lipinski definition) is 3. The van der Waals surface area contributed by atoms with Crippen molar-refractivity contribution in [3.63, 3.8) is 0 Å². The van der Waals surface area contributed by atoms with Gasteiger partial charge in [-0.15, -0.1) is 0 Å². The third-order valence-corrected chi connectivity index (χ3v) is 2.69. The van der Waals surface area contributed by atoms with Crippen LogP contribution in [0.1, 0.15) is 45.0 Å². The number of aliphatic carboxylic acids is 1. The summed E-state index contributed by atoms with van der Waals surface area (Å²) in [6, 6.07) is 0. The summed E-state index contributed by atoms with van der Waals surface area (Å²) < 4.78 is 0. The van der Waals surface area contributed by atoms with Crippen molar-refractivity contribution in [2.24, 2.45) is 0 Å². The lowest BCUT2D eigenvalue weighted by molar-refractivity contribution is -0.134. The van der Waals surface area contributed by atoms with E-state index in [2.05, 4.69) is 16.9 Å². The van der Waals surface area contributed by atoms with Gasteiger partial charge in [0, 0.05) is 18.9 Å². The number of aromatic nitrogens is 2. The second kappa shape index (κ2) is 9.11. The van der Waals surface area contributed by atoms with E-state index in [1.165, 1.54) is 0 Å². The fourth-order valence-corrected chi connectivity index (χ4v) is 1.90. The lowest BCUT2D eigenvalue weighted by atomic mass is 10.2. The molecular weight excluding hydrogens is 275 g/mol. The molecule has 0 spiro atoms. The first-order valence-corrected chi connectivity index (χ1v) is 6.58. The van der Waals surface area contributed by atoms with Crippen molar-refractivity contribution in [3.05, 3.63) is 21.7 Å². The Morgan fingerprint density at radius 2 is 1.67 bits per heavy atom. The van der Waals surface area contributed by atoms with Crippen LogP contribution in [0.15, 0.2) is 0 Å². The molecule has 1 aromatic heterocycles. The van der Waals surface area contributed by atoms with Crippen LogP contribution in [-0.4, -0.2) is 21.0 Å². The van der Waals surface area contributed by atoms with Gasteiger partial charge < -0.3 is 5.11 Å². The standard InChI is InChI=1S/C10H14Cl2N2.C2H4O2/c1-3-5-6-8-13-9(11)7(4-2)10(12)14-8;1-2(3)4/h3-6H2,1-2H3;1H3,(H,3,4). The van der Waals surface area contributed by atoms with Gasteiger partial charge in [-0.1, -0.05) is 43.5 Å². The van der Waals surface area contributed by atoms with Crippen LogP contribution in [0.25, 0.3) is 0 Å². The lowest BCUT2D eigenvalue weighted by Gasteiger charge is -2.05. The smallest absolute Gasteiger partial charge is 0.300 e. The van der Waals surface area contributed by atoms with Crippen molar-refractivity contribution in [3.8, 4) is 0 Å². The quantitative estimate of drug-likeness (QED) is 0.858. The normalized spacial score (nSPS) is 9.61. The van der Waals surface area contributed by atoms with Gasteiger partial charge in [0.2, 0.25) is 0 Å². The first-order chi connectivity index (χ1) is 8.42. The molecular formula is C12H18Cl2N2O2. The van der Waals surface area contributed by atoms with E-state index in [1.54, 1.807) is 0 Å². The van der Waals surface area contributed by atoms with E-state index in [0.717, 1.165) is 44.0 Å². The van der Waals surface area contributed by atoms with Gasteiger partial charge in [0.25, 0.3) is 5.97 Å². The topological polar surface area (TPSA) is 63.1 Å². The maximum absolute atomic E-state index is 9.00. The molecule has 0 radical (unpaired) electrons. The third-order valence-electron chi connectivity index (χ3n) is 2.06. The summed E-state index contributed by atoms with van der Waals surface area (Å²) in [5, 5.41) is 8.41. The number of carboxylic acids is 1. The first kappa shape index (κ1) is 17.1. The highest BCUT2D eigenvalue weighted by molar-refractivity contribution is 6.34. The molecule has 1 aromatic rings. The predicted molar refractivity (Wildman–Crippen MR) is 73.4 cm³/mol. The van der Waals surface area contributed by atoms with Crippen LogP contribution >= 0.6 is 23.2 Å². The zero-order chi connectivity index (χ0) is 14.1. The molecule has 4 nitrogen and oxygen atoms in total. The van der Waals surface area contributed by atoms with Crippen molar-refractivity contribution in [1.82, 2.24) is 9.97 Å². The summed E-state index contributed by atoms with van der Waals surface area (Å²) >= 11 is 12.0. The molecule has 0 aromatic carbocycles. The molecule has 6 heteroatoms. The zero-order valence-corrected chi connectivity index (χ0v) is 12.3. The van der Waals surface area contributed by atoms with E-state index < -0.39 is 5.97 Å². The summed E-state index contributed by atoms with van der Waals surface area (Å²) in [6.45, 7) is 5.20. The van der Waals surface area contributed by atoms with E-state index in [1.807, 2.05) is 6.92 Å². The molecule has 0 aliphatic heterocycles. The SMILES string of the molecule is CC(=O)O.CCCCc1nc(Cl)c(CC)c(Cl)n1. The van der Waals surface area contributed by atoms with Gasteiger partial charge in [-0.05, 0) is 12.8 Å². The van der Waals surface area contributed by atoms with Crippen molar-refractivity contribution < 1.29 is 9.90 Å². The van der Waals surface area contributed by atoms with Crippen LogP contribution in [0.2, 0.25) is 10.3 Å². The minimum Gasteiger partial charge on any atom is -0.481 e. The summed E-state index contributed by atoms with van der Waals surface area (Å²) in [5.41, 5.74) is 0.841. The Bertz CT molecular complexity index is 371. The Morgan fingerprint density at radius 1 is 1.22 bits per heavy atom. The number of hydrogen-bond donors (Lipinski definition) is 1. The summed E-state index contributed by atoms with van der Waals surface area (Å²) in [4.78, 5) is 17.4. The molecule has 0 fully saturated rings. The van der Waals surface area contributed by atoms with E-state index in [4.69, 9.17) is 33.1 Å². The van der Waals surface area contributed by atoms with Crippen molar-refractivity contribution >= 4 is 29.2 Å². The number of aryl methyl sites for hydroxylation is 1. The molecule has 0 amide bonds. The number of carbonyl (C=O) groups is 1. The Hall–Kier alpha value is -0.870. The molecule has 0 aliphatic rings. The zero-order valence-electron chi connectivity index (χ0n) is 10.8. The number of rotatable bonds is 4. The number of nitrogens with zero attached hydrogens (tertiary/aromatic N) is 2. The molecule has 18 heavy (non-hydrogen) atoms. The average Bonchev–Trinajstić information content (AvgIpc) is 2.25. The van der Waals surface area contributed by atoms with Crippen molar-refractivity contribution in [2.45, 2.75) is 46.5 Å². The van der Waals surface area contributed by atoms with Gasteiger partial charge in [-0.25, -0.2) is 9.97 Å². The molecule has 0 atom stereocenters. The molecule has 1 N–H and O–H groups in total. The molecule has 1 rings (SSSR count). The van der Waals surface area contributed by atoms with Crippen molar-refractivity contribution in [1.29, 1.82) is 0 Å². The molecule has 0 unspecified atom stereocenters. The van der Waals surface area contributed by atoms with Gasteiger partial charge in [0.15, 0.2) is 0 Å². The van der Waals surface area contributed by atoms with Gasteiger partial charge in [0.1, 0.15) is 16.1 Å². The summed E-state index contributed by atoms with van der Waals surface area (Å²) in [6.07, 6.45) is 3.80. The Labute approximate surface area is 117 Å². The third kappa shape index (κ3) is 6.77. The van der Waals surface area contributed by atoms with Crippen LogP contribution in [0.5, 0.6) is 0 Å². The van der Waals surface area contributed by atoms with Gasteiger partial charge in [-0.3, -0.25) is 4.79 Å². The van der Waals surface area contributed by atoms with Gasteiger partial charge in [0.05, 0.1) is 0 Å². The second-order valence-electron chi connectivity index (χ2n) is 3.68. The van der Waals surface area contributed by atoms with Crippen LogP contribution in [-0.2, 0) is 17.6 Å². The highest BCUT2D eigenvalue weighted by Gasteiger charge is 2.09. The summed E-state index contributed by atoms with van der Waals surface area (Å²) in [7, 11) is 0. The molecule has 0 saturated carbocycles. The highest BCUT2D eigenvalue weighted by atomic mass is 35.5. The van der Waals surface area contributed by atoms with E-state index in [-0.39, 0.29) is 0 Å². The average molecular weight is 293 g/mol. The van der Waals surface area contributed by atoms with E-state index in [0.29, 0.717) is 10.3 Å². The van der Waals surface area contributed by atoms with Gasteiger partial charge in [-0.2, -0.15) is 0 Å². The fraction of sp³-hybridized carbons (Fsp3) is 0.583. The van der Waals surface area contributed by atoms with E-state index in [9.17, 15) is 0 Å². The molecule has 0 bridgehead atoms. The minimum atomic E-state index is -0.833. The number of halogens is 2. The van der Waals surface area contributed by atoms with Crippen LogP contribution in [0.3, 0.4) is 0 Å². The molecule has 0 saturated heterocycles. The Kier molecular flexibility index (Phi) is 8.67. The first-order valence-electron chi connectivity index (χ1n) is 5.82. The summed E-state index contributed by atoms with van der Waals surface area (Å²) in [5.74, 6) is -0.0842. The Morgan fingerprint density at radius 3 is 2.00 bits per heavy atom. The Balaban J connectivity index is 0.000000631. The maximum Gasteiger partial charge on any atom is 0.300 e. The van der Waals surface area contributed by atoms with Crippen molar-refractivity contribution in [2.75, 3.05) is 0 Å². The molecule has 102 valence electrons. The van der Waals surface area contributed by atoms with Gasteiger partial charge >= 0.3 is 0 Å². The largest absolute Gasteiger partial charge is 0.481 e. The second-order valence-corrected chi connectivity index (χ2v) is 4.39. The molecule has 0 aliphatic carbocycles. The van der Waals surface area contributed by atoms with Crippen LogP contribution in [0, 0.1) is 0 Å². The van der Waals surface area contributed by atoms with E-state index >= 15 is 0 Å². The lowest BCUT2D eigenvalue weighted by Crippen LogP contribution is -2.00. The maximum atomic E-state index is 9.00. The van der Waals surface area contributed by atoms with Crippen LogP contribution in [0.4, 0.5) is 0 Å².